The first-order chi connectivity index (χ1) is 12.6. The van der Waals surface area contributed by atoms with Crippen LogP contribution in [0.15, 0.2) is 33.7 Å². The average molecular weight is 632 g/mol. The van der Waals surface area contributed by atoms with Gasteiger partial charge in [-0.3, -0.25) is 12.2 Å². The molecule has 2 aliphatic carbocycles. The second kappa shape index (κ2) is 13.4. The van der Waals surface area contributed by atoms with E-state index in [4.69, 9.17) is 0 Å². The third kappa shape index (κ3) is 6.43. The summed E-state index contributed by atoms with van der Waals surface area (Å²) in [6, 6.07) is 9.06. The van der Waals surface area contributed by atoms with Crippen LogP contribution in [0.3, 0.4) is 0 Å². The van der Waals surface area contributed by atoms with Crippen molar-refractivity contribution in [3.05, 3.63) is 45.8 Å². The number of allylic oxidation sites excluding steroid dienone is 8. The van der Waals surface area contributed by atoms with Gasteiger partial charge in [0, 0.05) is 16.1 Å². The Hall–Kier alpha value is 0.844. The van der Waals surface area contributed by atoms with Crippen LogP contribution in [0.4, 0.5) is 0 Å². The van der Waals surface area contributed by atoms with Crippen LogP contribution in [0, 0.1) is 12.2 Å². The van der Waals surface area contributed by atoms with Gasteiger partial charge in [-0.2, -0.15) is 11.1 Å². The molecule has 0 unspecified atom stereocenters. The molecule has 0 spiro atoms. The quantitative estimate of drug-likeness (QED) is 0.310. The predicted molar refractivity (Wildman–Crippen MR) is 120 cm³/mol. The van der Waals surface area contributed by atoms with Crippen LogP contribution in [-0.4, -0.2) is 16.1 Å². The Morgan fingerprint density at radius 1 is 0.690 bits per heavy atom. The van der Waals surface area contributed by atoms with Crippen molar-refractivity contribution < 1.29 is 50.7 Å². The molecule has 29 heavy (non-hydrogen) atoms. The van der Waals surface area contributed by atoms with Gasteiger partial charge in [-0.15, -0.1) is 0 Å². The van der Waals surface area contributed by atoms with Gasteiger partial charge >= 0.3 is 25.8 Å². The van der Waals surface area contributed by atoms with Crippen molar-refractivity contribution in [3.63, 3.8) is 0 Å². The molecule has 0 bridgehead atoms. The minimum absolute atomic E-state index is 0. The van der Waals surface area contributed by atoms with Crippen LogP contribution in [0.2, 0.25) is 36.3 Å². The summed E-state index contributed by atoms with van der Waals surface area (Å²) in [4.78, 5) is 0. The molecule has 5 heteroatoms. The molecule has 0 nitrogen and oxygen atoms in total. The molecule has 2 fully saturated rings. The van der Waals surface area contributed by atoms with Crippen molar-refractivity contribution >= 4 is 16.1 Å². The maximum Gasteiger partial charge on any atom is 4.00 e. The molecule has 0 saturated carbocycles. The zero-order chi connectivity index (χ0) is 18.6. The van der Waals surface area contributed by atoms with Crippen LogP contribution in [0.25, 0.3) is 0 Å². The molecule has 2 saturated heterocycles. The Morgan fingerprint density at radius 2 is 1.03 bits per heavy atom. The molecule has 2 aliphatic heterocycles. The van der Waals surface area contributed by atoms with Crippen LogP contribution >= 0.6 is 0 Å². The number of rotatable bonds is 6. The first-order valence-corrected chi connectivity index (χ1v) is 16.5. The van der Waals surface area contributed by atoms with Crippen LogP contribution < -0.4 is 24.8 Å². The van der Waals surface area contributed by atoms with E-state index in [9.17, 15) is 0 Å². The van der Waals surface area contributed by atoms with E-state index in [1.807, 2.05) is 0 Å². The average Bonchev–Trinajstić information content (AvgIpc) is 3.24. The summed E-state index contributed by atoms with van der Waals surface area (Å²) in [5, 5.41) is 3.36. The van der Waals surface area contributed by atoms with Gasteiger partial charge in [0.2, 0.25) is 0 Å². The van der Waals surface area contributed by atoms with E-state index >= 15 is 0 Å². The van der Waals surface area contributed by atoms with Gasteiger partial charge in [-0.1, -0.05) is 102 Å². The molecule has 0 aromatic carbocycles. The van der Waals surface area contributed by atoms with Crippen molar-refractivity contribution in [2.75, 3.05) is 0 Å². The number of hydrogen-bond acceptors (Lipinski definition) is 0. The molecule has 4 aliphatic rings. The SMILES string of the molecule is CCC1=[C-]C([Si]2(CC)CCC2)=CC1.CCC1=[C-]C([Si]2(CC)CCC2)=CC1.[Cl-].[Cl-].[Hf+4]. The van der Waals surface area contributed by atoms with Gasteiger partial charge in [0.25, 0.3) is 0 Å². The van der Waals surface area contributed by atoms with E-state index in [0.29, 0.717) is 0 Å². The summed E-state index contributed by atoms with van der Waals surface area (Å²) in [6.07, 6.45) is 20.1. The van der Waals surface area contributed by atoms with Gasteiger partial charge in [0.1, 0.15) is 0 Å². The first-order valence-electron chi connectivity index (χ1n) is 11.3. The van der Waals surface area contributed by atoms with Gasteiger partial charge in [-0.05, 0) is 0 Å². The summed E-state index contributed by atoms with van der Waals surface area (Å²) >= 11 is 0. The third-order valence-electron chi connectivity index (χ3n) is 7.70. The van der Waals surface area contributed by atoms with Crippen molar-refractivity contribution in [1.29, 1.82) is 0 Å². The molecule has 0 radical (unpaired) electrons. The molecule has 2 heterocycles. The van der Waals surface area contributed by atoms with Crippen molar-refractivity contribution in [3.8, 4) is 0 Å². The summed E-state index contributed by atoms with van der Waals surface area (Å²) in [5.74, 6) is 0. The van der Waals surface area contributed by atoms with Gasteiger partial charge in [-0.25, -0.2) is 22.5 Å². The maximum absolute atomic E-state index is 3.67. The standard InChI is InChI=1S/2C12H19Si.2ClH.Hf/c2*1-3-11-6-7-12(10-11)13(4-2)8-5-9-13;;;/h2*7H,3-6,8-9H2,1-2H3;2*1H;/q2*-1;;;+4/p-2. The summed E-state index contributed by atoms with van der Waals surface area (Å²) in [6.45, 7) is 9.27. The topological polar surface area (TPSA) is 0 Å². The van der Waals surface area contributed by atoms with E-state index in [1.165, 1.54) is 50.6 Å². The Bertz CT molecular complexity index is 574. The minimum atomic E-state index is -0.913. The zero-order valence-electron chi connectivity index (χ0n) is 18.9. The van der Waals surface area contributed by atoms with E-state index in [-0.39, 0.29) is 50.7 Å². The van der Waals surface area contributed by atoms with Crippen LogP contribution in [0.5, 0.6) is 0 Å². The molecule has 0 aromatic heterocycles. The summed E-state index contributed by atoms with van der Waals surface area (Å²) in [7, 11) is -1.83. The molecular formula is C24H38Cl2HfSi2. The van der Waals surface area contributed by atoms with E-state index < -0.39 is 16.1 Å². The zero-order valence-corrected chi connectivity index (χ0v) is 26.0. The molecule has 160 valence electrons. The molecule has 0 amide bonds. The summed E-state index contributed by atoms with van der Waals surface area (Å²) in [5.41, 5.74) is 3.09. The minimum Gasteiger partial charge on any atom is -1.00 e. The Morgan fingerprint density at radius 3 is 1.21 bits per heavy atom. The van der Waals surface area contributed by atoms with Crippen molar-refractivity contribution in [2.45, 2.75) is 102 Å². The monoisotopic (exact) mass is 632 g/mol. The van der Waals surface area contributed by atoms with E-state index in [0.717, 1.165) is 0 Å². The van der Waals surface area contributed by atoms with Crippen molar-refractivity contribution in [1.82, 2.24) is 0 Å². The predicted octanol–water partition coefficient (Wildman–Crippen LogP) is 1.74. The fourth-order valence-corrected chi connectivity index (χ4v) is 12.7. The third-order valence-corrected chi connectivity index (χ3v) is 18.6. The Labute approximate surface area is 213 Å². The summed E-state index contributed by atoms with van der Waals surface area (Å²) < 4.78 is 0. The van der Waals surface area contributed by atoms with Gasteiger partial charge in [0.15, 0.2) is 0 Å². The molecule has 0 atom stereocenters. The fourth-order valence-electron chi connectivity index (χ4n) is 5.03. The molecule has 4 rings (SSSR count). The van der Waals surface area contributed by atoms with Gasteiger partial charge in [0.05, 0.1) is 0 Å². The Balaban J connectivity index is 0.000000490. The maximum atomic E-state index is 3.67. The van der Waals surface area contributed by atoms with E-state index in [2.05, 4.69) is 52.0 Å². The van der Waals surface area contributed by atoms with Crippen LogP contribution in [0.1, 0.15) is 66.2 Å². The number of hydrogen-bond donors (Lipinski definition) is 0. The fraction of sp³-hybridized carbons (Fsp3) is 0.667. The van der Waals surface area contributed by atoms with E-state index in [1.54, 1.807) is 45.7 Å². The normalized spacial score (nSPS) is 22.5. The van der Waals surface area contributed by atoms with Crippen LogP contribution in [-0.2, 0) is 25.8 Å². The largest absolute Gasteiger partial charge is 4.00 e. The number of halogens is 2. The molecule has 0 N–H and O–H groups in total. The second-order valence-electron chi connectivity index (χ2n) is 8.78. The molecular weight excluding hydrogens is 594 g/mol. The molecule has 0 aromatic rings. The Kier molecular flexibility index (Phi) is 13.8. The smallest absolute Gasteiger partial charge is 1.00 e. The second-order valence-corrected chi connectivity index (χ2v) is 18.4. The van der Waals surface area contributed by atoms with Gasteiger partial charge < -0.3 is 24.8 Å². The first kappa shape index (κ1) is 29.8. The van der Waals surface area contributed by atoms with Crippen molar-refractivity contribution in [2.24, 2.45) is 0 Å².